The number of nitrogens with one attached hydrogen (secondary N) is 2. The van der Waals surface area contributed by atoms with Crippen LogP contribution >= 0.6 is 42.6 Å². The molecular formula is C110H164Cl3N2O21P. The zero-order valence-electron chi connectivity index (χ0n) is 82.7. The molecule has 2 N–H and O–H groups in total. The second-order valence-corrected chi connectivity index (χ2v) is 41.3. The molecule has 0 spiro atoms. The van der Waals surface area contributed by atoms with E-state index in [1.54, 1.807) is 0 Å². The van der Waals surface area contributed by atoms with E-state index in [2.05, 4.69) is 44.9 Å². The minimum atomic E-state index is -4.83. The highest BCUT2D eigenvalue weighted by atomic mass is 35.6. The number of carbonyl (C=O) groups is 5. The zero-order valence-corrected chi connectivity index (χ0v) is 85.9. The molecule has 2 saturated heterocycles. The molecule has 8 rings (SSSR count). The van der Waals surface area contributed by atoms with Crippen molar-refractivity contribution in [2.45, 2.75) is 440 Å². The van der Waals surface area contributed by atoms with E-state index >= 15 is 18.9 Å². The summed E-state index contributed by atoms with van der Waals surface area (Å²) in [5, 5.41) is 6.07. The van der Waals surface area contributed by atoms with Crippen LogP contribution in [0.2, 0.25) is 0 Å². The Hall–Kier alpha value is -6.35. The van der Waals surface area contributed by atoms with Crippen molar-refractivity contribution < 1.29 is 99.0 Å². The van der Waals surface area contributed by atoms with Gasteiger partial charge in [-0.1, -0.05) is 445 Å². The van der Waals surface area contributed by atoms with Crippen molar-refractivity contribution in [3.8, 4) is 0 Å². The summed E-state index contributed by atoms with van der Waals surface area (Å²) in [4.78, 5) is 76.1. The van der Waals surface area contributed by atoms with Crippen LogP contribution in [-0.2, 0) is 134 Å². The Bertz CT molecular complexity index is 4040. The van der Waals surface area contributed by atoms with E-state index in [4.69, 9.17) is 105 Å². The molecule has 3 aliphatic heterocycles. The summed E-state index contributed by atoms with van der Waals surface area (Å²) in [6, 6.07) is 42.5. The Balaban J connectivity index is 1.21. The number of halogens is 3. The summed E-state index contributed by atoms with van der Waals surface area (Å²) in [7, 11) is -4.83. The third-order valence-corrected chi connectivity index (χ3v) is 27.2. The molecule has 766 valence electrons. The van der Waals surface area contributed by atoms with Crippen molar-refractivity contribution in [1.82, 2.24) is 10.6 Å². The Morgan fingerprint density at radius 2 is 0.788 bits per heavy atom. The summed E-state index contributed by atoms with van der Waals surface area (Å²) < 4.78 is 114. The highest BCUT2D eigenvalue weighted by molar-refractivity contribution is 7.48. The number of hydrogen-bond acceptors (Lipinski definition) is 21. The molecule has 0 bridgehead atoms. The average molecular weight is 1990 g/mol. The van der Waals surface area contributed by atoms with Crippen LogP contribution in [0.15, 0.2) is 158 Å². The molecule has 0 radical (unpaired) electrons. The van der Waals surface area contributed by atoms with Gasteiger partial charge in [-0.05, 0) is 65.5 Å². The molecule has 13 atom stereocenters. The quantitative estimate of drug-likeness (QED) is 0.00915. The van der Waals surface area contributed by atoms with Crippen LogP contribution < -0.4 is 10.6 Å². The van der Waals surface area contributed by atoms with Gasteiger partial charge in [-0.2, -0.15) is 0 Å². The van der Waals surface area contributed by atoms with E-state index in [9.17, 15) is 9.59 Å². The fraction of sp³-hybridized carbons (Fsp3) is 0.664. The van der Waals surface area contributed by atoms with Crippen molar-refractivity contribution in [2.75, 3.05) is 26.4 Å². The van der Waals surface area contributed by atoms with Gasteiger partial charge in [0.2, 0.25) is 9.70 Å². The number of hydrogen-bond donors (Lipinski definition) is 2. The first-order valence-corrected chi connectivity index (χ1v) is 54.7. The standard InChI is InChI=1S/C110H164Cl3N2O21P/c1-6-11-15-19-23-27-28-32-36-40-56-72-98(117)131-94(71-55-39-35-31-26-22-18-14-9-4)76-100(119)135-106-102(115-109(120)128-85-110(111,112)113)108(132-95(83-122-77-86-59-45-41-46-60-86)104(106)136-137(121)129-81-90-67-57-58-68-91(90)82-130-137)127-84-96-103(126-80-89-65-51-44-52-66-89)105(134-99(118)75-93(125-79-88-63-49-43-50-64-88)70-54-38-34-30-25-21-17-13-8-3)101(107(133-96)123-73-10-5)114-97(116)74-92(124-78-87-61-47-42-48-62-87)69-53-37-33-29-24-20-16-12-7-2/h10,41-52,57-68,92-96,101-108H,5-9,11-40,53-56,69-85H2,1-4H3,(H,114,116)(H,115,120)/t92-,93-,94-,95-,96-,101-,102-,103-,104-,105-,106-,107+,108-/m1/s1. The molecule has 23 nitrogen and oxygen atoms in total. The van der Waals surface area contributed by atoms with E-state index in [-0.39, 0.29) is 65.5 Å². The number of rotatable bonds is 75. The van der Waals surface area contributed by atoms with Crippen molar-refractivity contribution in [3.05, 3.63) is 192 Å². The van der Waals surface area contributed by atoms with Crippen LogP contribution in [0, 0.1) is 0 Å². The van der Waals surface area contributed by atoms with Crippen molar-refractivity contribution in [1.29, 1.82) is 0 Å². The zero-order chi connectivity index (χ0) is 97.4. The average Bonchev–Trinajstić information content (AvgIpc) is 1.06. The first-order chi connectivity index (χ1) is 66.8. The Labute approximate surface area is 834 Å². The highest BCUT2D eigenvalue weighted by Gasteiger charge is 2.56. The SMILES string of the molecule is C=CCO[C@H]1O[C@H](CO[C@@H]2O[C@H](COCc3ccccc3)[C@@H](OP3(=O)OCc4ccccc4CO3)[C@H](OC(=O)C[C@@H](CCCCCCCCCCC)OC(=O)CCCCCCCCCCCCC)[C@H]2NC(=O)OCC(Cl)(Cl)Cl)[C@@H](OCc2ccccc2)[C@H](OC(=O)C[C@@H](CCCCCCCCCCC)OCc2ccccc2)[C@H]1NC(=O)C[C@@H](CCCCCCCCCCC)OCc1ccccc1. The number of unbranched alkanes of at least 4 members (excludes halogenated alkanes) is 34. The third kappa shape index (κ3) is 49.0. The monoisotopic (exact) mass is 1990 g/mol. The largest absolute Gasteiger partial charge is 0.475 e. The van der Waals surface area contributed by atoms with Crippen molar-refractivity contribution in [2.24, 2.45) is 0 Å². The maximum absolute atomic E-state index is 15.7. The minimum Gasteiger partial charge on any atom is -0.462 e. The lowest BCUT2D eigenvalue weighted by molar-refractivity contribution is -0.309. The number of amides is 2. The van der Waals surface area contributed by atoms with Gasteiger partial charge in [0.15, 0.2) is 24.8 Å². The Morgan fingerprint density at radius 3 is 1.23 bits per heavy atom. The van der Waals surface area contributed by atoms with Gasteiger partial charge in [0.25, 0.3) is 0 Å². The number of carbonyl (C=O) groups excluding carboxylic acids is 5. The molecule has 0 unspecified atom stereocenters. The second kappa shape index (κ2) is 70.3. The molecule has 2 amide bonds. The Kier molecular flexibility index (Phi) is 59.5. The number of fused-ring (bicyclic) bond motifs is 1. The molecule has 0 saturated carbocycles. The second-order valence-electron chi connectivity index (χ2n) is 37.2. The molecule has 3 aliphatic rings. The fourth-order valence-corrected chi connectivity index (χ4v) is 19.2. The van der Waals surface area contributed by atoms with E-state index in [1.807, 2.05) is 146 Å². The van der Waals surface area contributed by atoms with E-state index < -0.39 is 147 Å². The van der Waals surface area contributed by atoms with Crippen LogP contribution in [0.1, 0.15) is 350 Å². The highest BCUT2D eigenvalue weighted by Crippen LogP contribution is 2.55. The van der Waals surface area contributed by atoms with E-state index in [1.165, 1.54) is 115 Å². The summed E-state index contributed by atoms with van der Waals surface area (Å²) in [5.74, 6) is -2.50. The van der Waals surface area contributed by atoms with Gasteiger partial charge in [0.1, 0.15) is 49.2 Å². The summed E-state index contributed by atoms with van der Waals surface area (Å²) in [5.41, 5.74) is 4.67. The number of esters is 3. The molecule has 3 heterocycles. The smallest absolute Gasteiger partial charge is 0.462 e. The van der Waals surface area contributed by atoms with Gasteiger partial charge in [-0.25, -0.2) is 9.36 Å². The number of phosphoric ester groups is 1. The van der Waals surface area contributed by atoms with Crippen LogP contribution in [0.5, 0.6) is 0 Å². The third-order valence-electron chi connectivity index (χ3n) is 25.4. The molecule has 2 fully saturated rings. The van der Waals surface area contributed by atoms with Crippen LogP contribution in [0.25, 0.3) is 0 Å². The normalized spacial score (nSPS) is 19.9. The summed E-state index contributed by atoms with van der Waals surface area (Å²) >= 11 is 19.0. The fourth-order valence-electron chi connectivity index (χ4n) is 17.7. The van der Waals surface area contributed by atoms with Crippen molar-refractivity contribution in [3.63, 3.8) is 0 Å². The summed E-state index contributed by atoms with van der Waals surface area (Å²) in [6.07, 6.45) is 27.3. The van der Waals surface area contributed by atoms with Crippen LogP contribution in [-0.4, -0.2) is 140 Å². The lowest BCUT2D eigenvalue weighted by atomic mass is 9.94. The molecule has 5 aromatic rings. The van der Waals surface area contributed by atoms with Gasteiger partial charge in [0, 0.05) is 6.42 Å². The first-order valence-electron chi connectivity index (χ1n) is 52.1. The number of phosphoric acid groups is 1. The number of ether oxygens (including phenoxy) is 12. The number of alkyl halides is 3. The first kappa shape index (κ1) is 116. The van der Waals surface area contributed by atoms with Crippen LogP contribution in [0.4, 0.5) is 4.79 Å². The summed E-state index contributed by atoms with van der Waals surface area (Å²) in [6.45, 7) is 10.9. The van der Waals surface area contributed by atoms with Gasteiger partial charge < -0.3 is 67.5 Å². The van der Waals surface area contributed by atoms with Gasteiger partial charge >= 0.3 is 31.8 Å². The van der Waals surface area contributed by atoms with Crippen LogP contribution in [0.3, 0.4) is 0 Å². The predicted octanol–water partition coefficient (Wildman–Crippen LogP) is 27.2. The molecule has 5 aromatic carbocycles. The topological polar surface area (TPSA) is 265 Å². The van der Waals surface area contributed by atoms with Gasteiger partial charge in [-0.15, -0.1) is 6.58 Å². The maximum Gasteiger partial charge on any atom is 0.475 e. The minimum absolute atomic E-state index is 0.000411. The Morgan fingerprint density at radius 1 is 0.416 bits per heavy atom. The van der Waals surface area contributed by atoms with E-state index in [0.29, 0.717) is 43.2 Å². The molecule has 137 heavy (non-hydrogen) atoms. The molecule has 27 heteroatoms. The van der Waals surface area contributed by atoms with Crippen molar-refractivity contribution >= 4 is 72.5 Å². The van der Waals surface area contributed by atoms with Gasteiger partial charge in [-0.3, -0.25) is 32.7 Å². The number of benzene rings is 5. The lowest BCUT2D eigenvalue weighted by Gasteiger charge is -2.48. The lowest BCUT2D eigenvalue weighted by Crippen LogP contribution is -2.68. The predicted molar refractivity (Wildman–Crippen MR) is 540 cm³/mol. The molecular weight excluding hydrogens is 1820 g/mol. The molecule has 0 aliphatic carbocycles. The van der Waals surface area contributed by atoms with Gasteiger partial charge in [0.05, 0.1) is 90.9 Å². The maximum atomic E-state index is 15.7. The van der Waals surface area contributed by atoms with E-state index in [0.717, 1.165) is 144 Å². The number of alkyl carbamates (subject to hydrolysis) is 1. The molecule has 0 aromatic heterocycles.